The molecule has 0 amide bonds. The van der Waals surface area contributed by atoms with Crippen LogP contribution in [0.25, 0.3) is 0 Å². The van der Waals surface area contributed by atoms with E-state index in [0.717, 1.165) is 30.7 Å². The van der Waals surface area contributed by atoms with Gasteiger partial charge >= 0.3 is 0 Å². The van der Waals surface area contributed by atoms with E-state index < -0.39 is 17.1 Å². The lowest BCUT2D eigenvalue weighted by atomic mass is 9.49. The molecule has 23 heavy (non-hydrogen) atoms. The van der Waals surface area contributed by atoms with Crippen LogP contribution in [-0.2, 0) is 11.8 Å². The van der Waals surface area contributed by atoms with Crippen LogP contribution in [0.2, 0.25) is 0 Å². The first-order chi connectivity index (χ1) is 11.0. The monoisotopic (exact) mass is 317 g/mol. The first kappa shape index (κ1) is 14.1. The number of methoxy groups -OCH3 is 1. The fourth-order valence-corrected chi connectivity index (χ4v) is 5.88. The molecule has 1 aromatic carbocycles. The van der Waals surface area contributed by atoms with E-state index in [-0.39, 0.29) is 12.1 Å². The average Bonchev–Trinajstić information content (AvgIpc) is 2.90. The molecule has 2 bridgehead atoms. The largest absolute Gasteiger partial charge is 0.493 e. The number of hydrogen-bond donors (Lipinski definition) is 2. The van der Waals surface area contributed by atoms with Crippen molar-refractivity contribution in [2.75, 3.05) is 20.7 Å². The van der Waals surface area contributed by atoms with E-state index in [4.69, 9.17) is 9.47 Å². The molecule has 1 spiro atoms. The number of rotatable bonds is 1. The highest BCUT2D eigenvalue weighted by Crippen LogP contribution is 2.65. The van der Waals surface area contributed by atoms with E-state index >= 15 is 0 Å². The van der Waals surface area contributed by atoms with E-state index in [1.807, 2.05) is 6.07 Å². The lowest BCUT2D eigenvalue weighted by Gasteiger charge is -2.63. The molecule has 5 rings (SSSR count). The summed E-state index contributed by atoms with van der Waals surface area (Å²) >= 11 is 0. The summed E-state index contributed by atoms with van der Waals surface area (Å²) in [6, 6.07) is 4.15. The molecule has 5 nitrogen and oxygen atoms in total. The summed E-state index contributed by atoms with van der Waals surface area (Å²) in [5.41, 5.74) is 0.999. The zero-order chi connectivity index (χ0) is 16.0. The van der Waals surface area contributed by atoms with Gasteiger partial charge in [-0.15, -0.1) is 0 Å². The lowest BCUT2D eigenvalue weighted by molar-refractivity contribution is -0.204. The van der Waals surface area contributed by atoms with E-state index in [2.05, 4.69) is 18.0 Å². The fourth-order valence-electron chi connectivity index (χ4n) is 5.88. The molecule has 0 aromatic heterocycles. The van der Waals surface area contributed by atoms with Crippen LogP contribution in [0, 0.1) is 0 Å². The smallest absolute Gasteiger partial charge is 0.166 e. The van der Waals surface area contributed by atoms with Crippen LogP contribution in [0.1, 0.15) is 30.4 Å². The van der Waals surface area contributed by atoms with Gasteiger partial charge in [0.2, 0.25) is 0 Å². The molecule has 2 fully saturated rings. The summed E-state index contributed by atoms with van der Waals surface area (Å²) in [7, 11) is 3.74. The molecule has 2 N–H and O–H groups in total. The highest BCUT2D eigenvalue weighted by molar-refractivity contribution is 5.62. The van der Waals surface area contributed by atoms with Crippen molar-refractivity contribution in [3.8, 4) is 11.5 Å². The molecule has 2 aliphatic carbocycles. The summed E-state index contributed by atoms with van der Waals surface area (Å²) in [5.74, 6) is 1.46. The van der Waals surface area contributed by atoms with Crippen molar-refractivity contribution in [1.29, 1.82) is 0 Å². The Hall–Kier alpha value is -1.30. The third-order valence-corrected chi connectivity index (χ3v) is 6.90. The van der Waals surface area contributed by atoms with Gasteiger partial charge in [0.1, 0.15) is 6.10 Å². The minimum absolute atomic E-state index is 0.0849. The van der Waals surface area contributed by atoms with E-state index in [1.54, 1.807) is 7.11 Å². The first-order valence-corrected chi connectivity index (χ1v) is 8.50. The lowest BCUT2D eigenvalue weighted by Crippen LogP contribution is -2.76. The number of benzene rings is 1. The summed E-state index contributed by atoms with van der Waals surface area (Å²) < 4.78 is 11.8. The Morgan fingerprint density at radius 1 is 1.35 bits per heavy atom. The molecule has 5 atom stereocenters. The van der Waals surface area contributed by atoms with Crippen molar-refractivity contribution in [3.05, 3.63) is 23.3 Å². The fraction of sp³-hybridized carbons (Fsp3) is 0.667. The Bertz CT molecular complexity index is 692. The summed E-state index contributed by atoms with van der Waals surface area (Å²) in [6.07, 6.45) is 1.93. The maximum Gasteiger partial charge on any atom is 0.166 e. The second-order valence-electron chi connectivity index (χ2n) is 7.62. The normalized spacial score (nSPS) is 43.7. The van der Waals surface area contributed by atoms with Gasteiger partial charge in [-0.1, -0.05) is 6.07 Å². The summed E-state index contributed by atoms with van der Waals surface area (Å²) in [5, 5.41) is 22.4. The Labute approximate surface area is 135 Å². The molecular formula is C18H23NO4. The van der Waals surface area contributed by atoms with Crippen LogP contribution in [-0.4, -0.2) is 59.7 Å². The number of nitrogens with zero attached hydrogens (tertiary/aromatic N) is 1. The van der Waals surface area contributed by atoms with Crippen molar-refractivity contribution >= 4 is 0 Å². The van der Waals surface area contributed by atoms with Gasteiger partial charge in [-0.2, -0.15) is 0 Å². The zero-order valence-corrected chi connectivity index (χ0v) is 13.6. The molecule has 1 saturated heterocycles. The SMILES string of the molecule is COc1ccc2c3c1O[C@@H]1C(O)CC[C@]4(O)[C@H](C2)N(C)CCC314. The third kappa shape index (κ3) is 1.37. The van der Waals surface area contributed by atoms with Gasteiger partial charge in [0.25, 0.3) is 0 Å². The number of likely N-dealkylation sites (N-methyl/N-ethyl adjacent to an activating group) is 1. The predicted molar refractivity (Wildman–Crippen MR) is 84.0 cm³/mol. The molecule has 1 aromatic rings. The van der Waals surface area contributed by atoms with E-state index in [1.165, 1.54) is 5.56 Å². The van der Waals surface area contributed by atoms with Gasteiger partial charge in [0.05, 0.1) is 24.2 Å². The van der Waals surface area contributed by atoms with Crippen LogP contribution < -0.4 is 9.47 Å². The standard InChI is InChI=1S/C18H23NO4/c1-19-8-7-17-14-10-3-4-12(22-2)15(14)23-16(17)11(20)5-6-18(17,21)13(19)9-10/h3-4,11,13,16,20-21H,5-9H2,1-2H3/t11?,13-,16+,17?,18-/m0/s1. The summed E-state index contributed by atoms with van der Waals surface area (Å²) in [4.78, 5) is 2.28. The Kier molecular flexibility index (Phi) is 2.57. The number of likely N-dealkylation sites (tertiary alicyclic amines) is 1. The van der Waals surface area contributed by atoms with Gasteiger partial charge in [-0.25, -0.2) is 0 Å². The van der Waals surface area contributed by atoms with Crippen molar-refractivity contribution in [2.45, 2.75) is 54.9 Å². The second-order valence-corrected chi connectivity index (χ2v) is 7.62. The van der Waals surface area contributed by atoms with Crippen LogP contribution in [0.3, 0.4) is 0 Å². The molecule has 0 radical (unpaired) electrons. The van der Waals surface area contributed by atoms with Crippen LogP contribution in [0.5, 0.6) is 11.5 Å². The van der Waals surface area contributed by atoms with Crippen molar-refractivity contribution in [3.63, 3.8) is 0 Å². The topological polar surface area (TPSA) is 62.2 Å². The number of aliphatic hydroxyl groups excluding tert-OH is 1. The van der Waals surface area contributed by atoms with Crippen molar-refractivity contribution in [1.82, 2.24) is 4.90 Å². The quantitative estimate of drug-likeness (QED) is 0.804. The first-order valence-electron chi connectivity index (χ1n) is 8.50. The Morgan fingerprint density at radius 3 is 2.96 bits per heavy atom. The Balaban J connectivity index is 1.84. The molecule has 2 aliphatic heterocycles. The average molecular weight is 317 g/mol. The van der Waals surface area contributed by atoms with Crippen LogP contribution in [0.4, 0.5) is 0 Å². The molecule has 5 heteroatoms. The number of aliphatic hydroxyl groups is 2. The van der Waals surface area contributed by atoms with Gasteiger partial charge < -0.3 is 24.6 Å². The second kappa shape index (κ2) is 4.21. The predicted octanol–water partition coefficient (Wildman–Crippen LogP) is 0.840. The van der Waals surface area contributed by atoms with Gasteiger partial charge in [0.15, 0.2) is 11.5 Å². The third-order valence-electron chi connectivity index (χ3n) is 6.90. The highest BCUT2D eigenvalue weighted by Gasteiger charge is 2.72. The minimum Gasteiger partial charge on any atom is -0.493 e. The zero-order valence-electron chi connectivity index (χ0n) is 13.6. The van der Waals surface area contributed by atoms with Crippen molar-refractivity contribution < 1.29 is 19.7 Å². The molecule has 124 valence electrons. The maximum atomic E-state index is 11.8. The molecule has 2 heterocycles. The van der Waals surface area contributed by atoms with Crippen LogP contribution >= 0.6 is 0 Å². The van der Waals surface area contributed by atoms with Gasteiger partial charge in [-0.3, -0.25) is 0 Å². The van der Waals surface area contributed by atoms with E-state index in [9.17, 15) is 10.2 Å². The van der Waals surface area contributed by atoms with E-state index in [0.29, 0.717) is 18.6 Å². The van der Waals surface area contributed by atoms with Gasteiger partial charge in [0, 0.05) is 11.6 Å². The van der Waals surface area contributed by atoms with Crippen LogP contribution in [0.15, 0.2) is 12.1 Å². The molecular weight excluding hydrogens is 294 g/mol. The number of ether oxygens (including phenoxy) is 2. The molecule has 1 saturated carbocycles. The molecule has 2 unspecified atom stereocenters. The highest BCUT2D eigenvalue weighted by atomic mass is 16.5. The maximum absolute atomic E-state index is 11.8. The van der Waals surface area contributed by atoms with Crippen molar-refractivity contribution in [2.24, 2.45) is 0 Å². The number of hydrogen-bond acceptors (Lipinski definition) is 5. The van der Waals surface area contributed by atoms with Gasteiger partial charge in [-0.05, 0) is 50.9 Å². The number of piperidine rings is 1. The summed E-state index contributed by atoms with van der Waals surface area (Å²) in [6.45, 7) is 0.912. The Morgan fingerprint density at radius 2 is 2.17 bits per heavy atom. The minimum atomic E-state index is -0.839. The molecule has 4 aliphatic rings.